The number of nitrogens with zero attached hydrogens (tertiary/aromatic N) is 4. The van der Waals surface area contributed by atoms with Crippen LogP contribution in [-0.4, -0.2) is 20.7 Å². The molecule has 0 aliphatic carbocycles. The van der Waals surface area contributed by atoms with Gasteiger partial charge in [0.1, 0.15) is 5.69 Å². The minimum atomic E-state index is 0.765. The Kier molecular flexibility index (Phi) is 5.43. The van der Waals surface area contributed by atoms with E-state index in [2.05, 4.69) is 37.0 Å². The van der Waals surface area contributed by atoms with Gasteiger partial charge in [0.15, 0.2) is 0 Å². The SMILES string of the molecule is CCc1cccc(CC)c1N=C(C)c1cccc(-c2cnc3ccccc3n2)n1. The molecule has 0 N–H and O–H groups in total. The van der Waals surface area contributed by atoms with Gasteiger partial charge in [-0.15, -0.1) is 0 Å². The summed E-state index contributed by atoms with van der Waals surface area (Å²) in [4.78, 5) is 19.0. The Hall–Kier alpha value is -3.40. The van der Waals surface area contributed by atoms with Crippen LogP contribution in [0.5, 0.6) is 0 Å². The van der Waals surface area contributed by atoms with Gasteiger partial charge in [0, 0.05) is 0 Å². The van der Waals surface area contributed by atoms with Crippen LogP contribution in [0.3, 0.4) is 0 Å². The maximum Gasteiger partial charge on any atom is 0.108 e. The molecule has 0 unspecified atom stereocenters. The van der Waals surface area contributed by atoms with Gasteiger partial charge >= 0.3 is 0 Å². The third kappa shape index (κ3) is 3.92. The van der Waals surface area contributed by atoms with E-state index in [1.165, 1.54) is 11.1 Å². The first-order valence-electron chi connectivity index (χ1n) is 10.0. The molecule has 2 aromatic carbocycles. The van der Waals surface area contributed by atoms with Gasteiger partial charge < -0.3 is 0 Å². The number of rotatable bonds is 5. The van der Waals surface area contributed by atoms with E-state index in [0.717, 1.165) is 52.4 Å². The third-order valence-corrected chi connectivity index (χ3v) is 5.08. The first-order valence-corrected chi connectivity index (χ1v) is 10.0. The Morgan fingerprint density at radius 2 is 1.45 bits per heavy atom. The lowest BCUT2D eigenvalue weighted by Gasteiger charge is -2.10. The molecule has 2 heterocycles. The summed E-state index contributed by atoms with van der Waals surface area (Å²) in [7, 11) is 0. The maximum atomic E-state index is 4.97. The summed E-state index contributed by atoms with van der Waals surface area (Å²) in [6, 6.07) is 20.2. The van der Waals surface area contributed by atoms with Crippen molar-refractivity contribution in [2.24, 2.45) is 4.99 Å². The van der Waals surface area contributed by atoms with Crippen LogP contribution in [-0.2, 0) is 12.8 Å². The van der Waals surface area contributed by atoms with Crippen molar-refractivity contribution in [3.8, 4) is 11.4 Å². The zero-order valence-corrected chi connectivity index (χ0v) is 17.1. The van der Waals surface area contributed by atoms with Crippen LogP contribution in [0, 0.1) is 0 Å². The molecular weight excluding hydrogens is 356 g/mol. The maximum absolute atomic E-state index is 4.97. The van der Waals surface area contributed by atoms with Gasteiger partial charge in [0.05, 0.1) is 40.0 Å². The van der Waals surface area contributed by atoms with Crippen LogP contribution in [0.4, 0.5) is 5.69 Å². The van der Waals surface area contributed by atoms with Crippen LogP contribution in [0.2, 0.25) is 0 Å². The van der Waals surface area contributed by atoms with E-state index in [0.29, 0.717) is 0 Å². The second kappa shape index (κ2) is 8.31. The van der Waals surface area contributed by atoms with Crippen LogP contribution < -0.4 is 0 Å². The van der Waals surface area contributed by atoms with Crippen LogP contribution in [0.1, 0.15) is 37.6 Å². The average Bonchev–Trinajstić information content (AvgIpc) is 2.79. The van der Waals surface area contributed by atoms with E-state index in [-0.39, 0.29) is 0 Å². The van der Waals surface area contributed by atoms with E-state index in [4.69, 9.17) is 15.0 Å². The normalized spacial score (nSPS) is 11.8. The molecule has 29 heavy (non-hydrogen) atoms. The first-order chi connectivity index (χ1) is 14.2. The molecule has 4 aromatic rings. The highest BCUT2D eigenvalue weighted by Gasteiger charge is 2.09. The Bertz CT molecular complexity index is 1170. The summed E-state index contributed by atoms with van der Waals surface area (Å²) < 4.78 is 0. The lowest BCUT2D eigenvalue weighted by Crippen LogP contribution is -2.01. The number of hydrogen-bond donors (Lipinski definition) is 0. The van der Waals surface area contributed by atoms with Crippen molar-refractivity contribution < 1.29 is 0 Å². The molecule has 0 aliphatic heterocycles. The molecule has 0 saturated carbocycles. The highest BCUT2D eigenvalue weighted by molar-refractivity contribution is 5.99. The Balaban J connectivity index is 1.74. The van der Waals surface area contributed by atoms with Gasteiger partial charge in [-0.05, 0) is 55.2 Å². The lowest BCUT2D eigenvalue weighted by molar-refractivity contribution is 1.08. The van der Waals surface area contributed by atoms with Crippen molar-refractivity contribution in [1.82, 2.24) is 15.0 Å². The molecule has 0 bridgehead atoms. The predicted molar refractivity (Wildman–Crippen MR) is 120 cm³/mol. The highest BCUT2D eigenvalue weighted by Crippen LogP contribution is 2.27. The molecule has 0 amide bonds. The number of aromatic nitrogens is 3. The fourth-order valence-corrected chi connectivity index (χ4v) is 3.44. The molecule has 0 saturated heterocycles. The number of benzene rings is 2. The van der Waals surface area contributed by atoms with Crippen molar-refractivity contribution in [2.45, 2.75) is 33.6 Å². The van der Waals surface area contributed by atoms with Crippen LogP contribution >= 0.6 is 0 Å². The summed E-state index contributed by atoms with van der Waals surface area (Å²) in [6.07, 6.45) is 3.70. The fraction of sp³-hybridized carbons (Fsp3) is 0.200. The standard InChI is InChI=1S/C25H24N4/c1-4-18-10-8-11-19(5-2)25(18)27-17(3)20-14-9-15-23(28-20)24-16-26-21-12-6-7-13-22(21)29-24/h6-16H,4-5H2,1-3H3. The summed E-state index contributed by atoms with van der Waals surface area (Å²) in [5, 5.41) is 0. The zero-order valence-electron chi connectivity index (χ0n) is 17.1. The molecule has 0 aliphatic rings. The summed E-state index contributed by atoms with van der Waals surface area (Å²) in [6.45, 7) is 6.35. The van der Waals surface area contributed by atoms with Crippen LogP contribution in [0.25, 0.3) is 22.4 Å². The smallest absolute Gasteiger partial charge is 0.108 e. The minimum Gasteiger partial charge on any atom is -0.252 e. The number of fused-ring (bicyclic) bond motifs is 1. The number of para-hydroxylation sites is 3. The fourth-order valence-electron chi connectivity index (χ4n) is 3.44. The molecule has 144 valence electrons. The molecule has 0 fully saturated rings. The monoisotopic (exact) mass is 380 g/mol. The van der Waals surface area contributed by atoms with Gasteiger partial charge in [-0.1, -0.05) is 50.2 Å². The molecular formula is C25H24N4. The van der Waals surface area contributed by atoms with Gasteiger partial charge in [-0.3, -0.25) is 9.98 Å². The number of hydrogen-bond acceptors (Lipinski definition) is 4. The topological polar surface area (TPSA) is 51.0 Å². The second-order valence-corrected chi connectivity index (χ2v) is 6.98. The largest absolute Gasteiger partial charge is 0.252 e. The van der Waals surface area contributed by atoms with Gasteiger partial charge in [-0.2, -0.15) is 0 Å². The number of aryl methyl sites for hydroxylation is 2. The van der Waals surface area contributed by atoms with E-state index in [1.807, 2.05) is 49.4 Å². The van der Waals surface area contributed by atoms with Gasteiger partial charge in [-0.25, -0.2) is 9.97 Å². The van der Waals surface area contributed by atoms with Crippen molar-refractivity contribution in [3.63, 3.8) is 0 Å². The predicted octanol–water partition coefficient (Wildman–Crippen LogP) is 5.96. The van der Waals surface area contributed by atoms with Crippen molar-refractivity contribution >= 4 is 22.4 Å². The Morgan fingerprint density at radius 3 is 2.17 bits per heavy atom. The van der Waals surface area contributed by atoms with E-state index in [1.54, 1.807) is 6.20 Å². The molecule has 0 radical (unpaired) electrons. The Labute approximate surface area is 171 Å². The molecule has 4 rings (SSSR count). The molecule has 4 heteroatoms. The summed E-state index contributed by atoms with van der Waals surface area (Å²) in [5.41, 5.74) is 8.67. The van der Waals surface area contributed by atoms with E-state index < -0.39 is 0 Å². The second-order valence-electron chi connectivity index (χ2n) is 6.98. The van der Waals surface area contributed by atoms with E-state index >= 15 is 0 Å². The first kappa shape index (κ1) is 18.9. The summed E-state index contributed by atoms with van der Waals surface area (Å²) >= 11 is 0. The van der Waals surface area contributed by atoms with Crippen LogP contribution in [0.15, 0.2) is 71.9 Å². The number of pyridine rings is 1. The minimum absolute atomic E-state index is 0.765. The average molecular weight is 380 g/mol. The van der Waals surface area contributed by atoms with Gasteiger partial charge in [0.25, 0.3) is 0 Å². The molecule has 4 nitrogen and oxygen atoms in total. The number of aliphatic imine (C=N–C) groups is 1. The third-order valence-electron chi connectivity index (χ3n) is 5.08. The van der Waals surface area contributed by atoms with E-state index in [9.17, 15) is 0 Å². The summed E-state index contributed by atoms with van der Waals surface area (Å²) in [5.74, 6) is 0. The zero-order chi connectivity index (χ0) is 20.2. The van der Waals surface area contributed by atoms with Gasteiger partial charge in [0.2, 0.25) is 0 Å². The highest BCUT2D eigenvalue weighted by atomic mass is 14.9. The van der Waals surface area contributed by atoms with Crippen molar-refractivity contribution in [3.05, 3.63) is 83.7 Å². The molecule has 0 atom stereocenters. The lowest BCUT2D eigenvalue weighted by atomic mass is 10.0. The quantitative estimate of drug-likeness (QED) is 0.402. The molecule has 0 spiro atoms. The van der Waals surface area contributed by atoms with Crippen molar-refractivity contribution in [1.29, 1.82) is 0 Å². The Morgan fingerprint density at radius 1 is 0.759 bits per heavy atom. The van der Waals surface area contributed by atoms with Crippen molar-refractivity contribution in [2.75, 3.05) is 0 Å². The molecule has 2 aromatic heterocycles.